The Bertz CT molecular complexity index is 732. The van der Waals surface area contributed by atoms with Crippen molar-refractivity contribution in [3.05, 3.63) is 59.9 Å². The molecule has 126 valence electrons. The van der Waals surface area contributed by atoms with Gasteiger partial charge in [-0.3, -0.25) is 9.59 Å². The van der Waals surface area contributed by atoms with Gasteiger partial charge in [-0.15, -0.1) is 0 Å². The van der Waals surface area contributed by atoms with Crippen molar-refractivity contribution in [3.63, 3.8) is 0 Å². The fourth-order valence-corrected chi connectivity index (χ4v) is 1.96. The van der Waals surface area contributed by atoms with Crippen LogP contribution in [0.2, 0.25) is 0 Å². The van der Waals surface area contributed by atoms with E-state index in [9.17, 15) is 14.0 Å². The molecule has 0 aliphatic heterocycles. The molecule has 0 aliphatic rings. The first-order valence-electron chi connectivity index (χ1n) is 7.42. The lowest BCUT2D eigenvalue weighted by Gasteiger charge is -2.12. The van der Waals surface area contributed by atoms with Crippen LogP contribution in [0.25, 0.3) is 0 Å². The Labute approximate surface area is 140 Å². The SMILES string of the molecule is CN(C)C(=O)COc1cccc(NC(=O)Cc2ccccc2F)c1. The third-order valence-corrected chi connectivity index (χ3v) is 3.29. The van der Waals surface area contributed by atoms with Gasteiger partial charge in [0.1, 0.15) is 11.6 Å². The zero-order valence-corrected chi connectivity index (χ0v) is 13.6. The first-order valence-corrected chi connectivity index (χ1v) is 7.42. The molecule has 0 unspecified atom stereocenters. The largest absolute Gasteiger partial charge is 0.484 e. The van der Waals surface area contributed by atoms with Gasteiger partial charge in [0, 0.05) is 25.8 Å². The zero-order valence-electron chi connectivity index (χ0n) is 13.6. The lowest BCUT2D eigenvalue weighted by Crippen LogP contribution is -2.27. The summed E-state index contributed by atoms with van der Waals surface area (Å²) in [6, 6.07) is 12.8. The summed E-state index contributed by atoms with van der Waals surface area (Å²) in [4.78, 5) is 25.0. The average Bonchev–Trinajstić information content (AvgIpc) is 2.55. The number of carbonyl (C=O) groups excluding carboxylic acids is 2. The highest BCUT2D eigenvalue weighted by atomic mass is 19.1. The lowest BCUT2D eigenvalue weighted by atomic mass is 10.1. The van der Waals surface area contributed by atoms with Gasteiger partial charge in [-0.05, 0) is 23.8 Å². The molecule has 0 spiro atoms. The second kappa shape index (κ2) is 8.10. The minimum absolute atomic E-state index is 0.0587. The predicted molar refractivity (Wildman–Crippen MR) is 89.4 cm³/mol. The van der Waals surface area contributed by atoms with Crippen LogP contribution >= 0.6 is 0 Å². The van der Waals surface area contributed by atoms with Crippen LogP contribution in [0.1, 0.15) is 5.56 Å². The number of halogens is 1. The monoisotopic (exact) mass is 330 g/mol. The van der Waals surface area contributed by atoms with Gasteiger partial charge in [-0.25, -0.2) is 4.39 Å². The molecule has 0 aliphatic carbocycles. The van der Waals surface area contributed by atoms with Gasteiger partial charge >= 0.3 is 0 Å². The zero-order chi connectivity index (χ0) is 17.5. The Morgan fingerprint density at radius 2 is 1.88 bits per heavy atom. The second-order valence-corrected chi connectivity index (χ2v) is 5.42. The molecular weight excluding hydrogens is 311 g/mol. The van der Waals surface area contributed by atoms with Gasteiger partial charge in [-0.2, -0.15) is 0 Å². The van der Waals surface area contributed by atoms with Crippen LogP contribution in [0.3, 0.4) is 0 Å². The fraction of sp³-hybridized carbons (Fsp3) is 0.222. The third-order valence-electron chi connectivity index (χ3n) is 3.29. The Hall–Kier alpha value is -2.89. The van der Waals surface area contributed by atoms with Crippen LogP contribution in [0, 0.1) is 5.82 Å². The summed E-state index contributed by atoms with van der Waals surface area (Å²) in [6.07, 6.45) is -0.0587. The van der Waals surface area contributed by atoms with Gasteiger partial charge in [0.25, 0.3) is 5.91 Å². The second-order valence-electron chi connectivity index (χ2n) is 5.42. The minimum atomic E-state index is -0.410. The van der Waals surface area contributed by atoms with Crippen LogP contribution in [-0.2, 0) is 16.0 Å². The number of nitrogens with one attached hydrogen (secondary N) is 1. The number of carbonyl (C=O) groups is 2. The van der Waals surface area contributed by atoms with Crippen molar-refractivity contribution in [2.45, 2.75) is 6.42 Å². The van der Waals surface area contributed by atoms with Gasteiger partial charge in [-0.1, -0.05) is 24.3 Å². The number of hydrogen-bond acceptors (Lipinski definition) is 3. The summed E-state index contributed by atoms with van der Waals surface area (Å²) in [5.41, 5.74) is 0.852. The molecule has 0 atom stereocenters. The maximum atomic E-state index is 13.6. The molecule has 0 radical (unpaired) electrons. The van der Waals surface area contributed by atoms with E-state index in [-0.39, 0.29) is 24.8 Å². The number of rotatable bonds is 6. The first kappa shape index (κ1) is 17.5. The summed E-state index contributed by atoms with van der Waals surface area (Å²) in [7, 11) is 3.29. The summed E-state index contributed by atoms with van der Waals surface area (Å²) in [6.45, 7) is -0.0837. The Morgan fingerprint density at radius 3 is 2.58 bits per heavy atom. The molecule has 2 aromatic carbocycles. The van der Waals surface area contributed by atoms with Crippen molar-refractivity contribution in [2.24, 2.45) is 0 Å². The van der Waals surface area contributed by atoms with Gasteiger partial charge in [0.05, 0.1) is 6.42 Å². The molecule has 2 aromatic rings. The highest BCUT2D eigenvalue weighted by molar-refractivity contribution is 5.92. The van der Waals surface area contributed by atoms with Crippen molar-refractivity contribution >= 4 is 17.5 Å². The molecule has 2 amide bonds. The maximum Gasteiger partial charge on any atom is 0.259 e. The van der Waals surface area contributed by atoms with E-state index in [2.05, 4.69) is 5.32 Å². The average molecular weight is 330 g/mol. The number of amides is 2. The highest BCUT2D eigenvalue weighted by Crippen LogP contribution is 2.18. The topological polar surface area (TPSA) is 58.6 Å². The van der Waals surface area contributed by atoms with E-state index in [4.69, 9.17) is 4.74 Å². The number of benzene rings is 2. The number of ether oxygens (including phenoxy) is 1. The molecule has 1 N–H and O–H groups in total. The van der Waals surface area contributed by atoms with Crippen LogP contribution in [0.15, 0.2) is 48.5 Å². The molecule has 6 heteroatoms. The number of hydrogen-bond donors (Lipinski definition) is 1. The molecule has 0 saturated carbocycles. The lowest BCUT2D eigenvalue weighted by molar-refractivity contribution is -0.130. The van der Waals surface area contributed by atoms with E-state index in [0.29, 0.717) is 17.0 Å². The smallest absolute Gasteiger partial charge is 0.259 e. The Morgan fingerprint density at radius 1 is 1.12 bits per heavy atom. The van der Waals surface area contributed by atoms with Crippen molar-refractivity contribution in [3.8, 4) is 5.75 Å². The van der Waals surface area contributed by atoms with Crippen LogP contribution in [0.4, 0.5) is 10.1 Å². The van der Waals surface area contributed by atoms with Crippen molar-refractivity contribution < 1.29 is 18.7 Å². The van der Waals surface area contributed by atoms with Gasteiger partial charge in [0.15, 0.2) is 6.61 Å². The Kier molecular flexibility index (Phi) is 5.89. The van der Waals surface area contributed by atoms with Crippen LogP contribution in [0.5, 0.6) is 5.75 Å². The quantitative estimate of drug-likeness (QED) is 0.885. The predicted octanol–water partition coefficient (Wildman–Crippen LogP) is 2.47. The van der Waals surface area contributed by atoms with Crippen molar-refractivity contribution in [1.29, 1.82) is 0 Å². The molecule has 5 nitrogen and oxygen atoms in total. The molecular formula is C18H19FN2O3. The van der Waals surface area contributed by atoms with E-state index in [0.717, 1.165) is 0 Å². The number of nitrogens with zero attached hydrogens (tertiary/aromatic N) is 1. The van der Waals surface area contributed by atoms with E-state index in [1.54, 1.807) is 56.6 Å². The maximum absolute atomic E-state index is 13.6. The highest BCUT2D eigenvalue weighted by Gasteiger charge is 2.09. The normalized spacial score (nSPS) is 10.1. The number of likely N-dealkylation sites (N-methyl/N-ethyl adjacent to an activating group) is 1. The van der Waals surface area contributed by atoms with E-state index < -0.39 is 5.82 Å². The molecule has 0 fully saturated rings. The molecule has 0 aromatic heterocycles. The summed E-state index contributed by atoms with van der Waals surface area (Å²) in [5.74, 6) is -0.438. The molecule has 2 rings (SSSR count). The number of anilines is 1. The molecule has 0 saturated heterocycles. The van der Waals surface area contributed by atoms with Gasteiger partial charge in [0.2, 0.25) is 5.91 Å². The summed E-state index contributed by atoms with van der Waals surface area (Å²) >= 11 is 0. The third kappa shape index (κ3) is 5.08. The van der Waals surface area contributed by atoms with E-state index in [1.165, 1.54) is 11.0 Å². The minimum Gasteiger partial charge on any atom is -0.484 e. The van der Waals surface area contributed by atoms with Crippen molar-refractivity contribution in [2.75, 3.05) is 26.0 Å². The first-order chi connectivity index (χ1) is 11.5. The fourth-order valence-electron chi connectivity index (χ4n) is 1.96. The van der Waals surface area contributed by atoms with Crippen LogP contribution in [-0.4, -0.2) is 37.4 Å². The Balaban J connectivity index is 1.95. The van der Waals surface area contributed by atoms with Gasteiger partial charge < -0.3 is 15.0 Å². The summed E-state index contributed by atoms with van der Waals surface area (Å²) in [5, 5.41) is 2.69. The molecule has 0 bridgehead atoms. The van der Waals surface area contributed by atoms with Crippen LogP contribution < -0.4 is 10.1 Å². The standard InChI is InChI=1S/C18H19FN2O3/c1-21(2)18(23)12-24-15-8-5-7-14(11-15)20-17(22)10-13-6-3-4-9-16(13)19/h3-9,11H,10,12H2,1-2H3,(H,20,22). The summed E-state index contributed by atoms with van der Waals surface area (Å²) < 4.78 is 18.9. The van der Waals surface area contributed by atoms with Crippen molar-refractivity contribution in [1.82, 2.24) is 4.90 Å². The van der Waals surface area contributed by atoms with E-state index >= 15 is 0 Å². The van der Waals surface area contributed by atoms with E-state index in [1.807, 2.05) is 0 Å². The molecule has 0 heterocycles. The molecule has 24 heavy (non-hydrogen) atoms.